The summed E-state index contributed by atoms with van der Waals surface area (Å²) in [4.78, 5) is 27.5. The molecule has 4 rings (SSSR count). The predicted molar refractivity (Wildman–Crippen MR) is 92.0 cm³/mol. The zero-order valence-corrected chi connectivity index (χ0v) is 13.8. The number of hydrogen-bond donors (Lipinski definition) is 1. The van der Waals surface area contributed by atoms with E-state index in [1.807, 2.05) is 42.5 Å². The molecular weight excluding hydrogens is 322 g/mol. The number of thioether (sulfide) groups is 1. The van der Waals surface area contributed by atoms with E-state index in [-0.39, 0.29) is 17.7 Å². The maximum absolute atomic E-state index is 13.0. The zero-order valence-electron chi connectivity index (χ0n) is 13.0. The molecule has 0 aromatic heterocycles. The van der Waals surface area contributed by atoms with Gasteiger partial charge in [-0.05, 0) is 29.2 Å². The van der Waals surface area contributed by atoms with Gasteiger partial charge in [0, 0.05) is 18.0 Å². The molecule has 0 saturated heterocycles. The maximum atomic E-state index is 13.0. The smallest absolute Gasteiger partial charge is 0.312 e. The monoisotopic (exact) mass is 339 g/mol. The van der Waals surface area contributed by atoms with Crippen LogP contribution in [0.25, 0.3) is 0 Å². The van der Waals surface area contributed by atoms with Gasteiger partial charge in [-0.3, -0.25) is 9.59 Å². The number of rotatable bonds is 2. The summed E-state index contributed by atoms with van der Waals surface area (Å²) in [5.74, 6) is -1.48. The Morgan fingerprint density at radius 1 is 1.04 bits per heavy atom. The first kappa shape index (κ1) is 15.3. The van der Waals surface area contributed by atoms with Crippen molar-refractivity contribution in [3.8, 4) is 0 Å². The topological polar surface area (TPSA) is 57.6 Å². The Balaban J connectivity index is 1.57. The van der Waals surface area contributed by atoms with Crippen molar-refractivity contribution in [1.29, 1.82) is 0 Å². The van der Waals surface area contributed by atoms with Gasteiger partial charge in [0.1, 0.15) is 0 Å². The van der Waals surface area contributed by atoms with Crippen LogP contribution in [0.2, 0.25) is 0 Å². The van der Waals surface area contributed by atoms with Crippen LogP contribution in [0.4, 0.5) is 0 Å². The van der Waals surface area contributed by atoms with Gasteiger partial charge in [0.05, 0.1) is 11.2 Å². The molecule has 2 aliphatic rings. The summed E-state index contributed by atoms with van der Waals surface area (Å²) in [5, 5.41) is 9.40. The summed E-state index contributed by atoms with van der Waals surface area (Å²) < 4.78 is 0. The summed E-state index contributed by atoms with van der Waals surface area (Å²) in [6.07, 6.45) is 0.718. The Hall–Kier alpha value is -2.27. The summed E-state index contributed by atoms with van der Waals surface area (Å²) in [5.41, 5.74) is 2.97. The van der Waals surface area contributed by atoms with E-state index in [9.17, 15) is 14.7 Å². The predicted octanol–water partition coefficient (Wildman–Crippen LogP) is 2.91. The molecule has 1 amide bonds. The molecule has 2 aliphatic heterocycles. The number of fused-ring (bicyclic) bond motifs is 2. The molecule has 24 heavy (non-hydrogen) atoms. The summed E-state index contributed by atoms with van der Waals surface area (Å²) in [6, 6.07) is 15.6. The van der Waals surface area contributed by atoms with Gasteiger partial charge in [-0.2, -0.15) is 0 Å². The molecule has 4 nitrogen and oxygen atoms in total. The Morgan fingerprint density at radius 2 is 1.75 bits per heavy atom. The molecule has 122 valence electrons. The highest BCUT2D eigenvalue weighted by atomic mass is 32.2. The average Bonchev–Trinajstić information content (AvgIpc) is 3.04. The number of benzene rings is 2. The standard InChI is InChI=1S/C19H17NO3S/c21-18(17-9-12-5-2-4-8-16(12)24-17)20-10-13-6-1-3-7-14(13)15(11-20)19(22)23/h1-8,15,17H,9-11H2,(H,22,23). The third-order valence-corrected chi connectivity index (χ3v) is 6.03. The van der Waals surface area contributed by atoms with E-state index in [4.69, 9.17) is 0 Å². The van der Waals surface area contributed by atoms with E-state index in [0.29, 0.717) is 6.54 Å². The number of carbonyl (C=O) groups is 2. The Bertz CT molecular complexity index is 795. The quantitative estimate of drug-likeness (QED) is 0.914. The van der Waals surface area contributed by atoms with E-state index in [0.717, 1.165) is 22.4 Å². The number of carboxylic acids is 1. The number of carbonyl (C=O) groups excluding carboxylic acids is 1. The highest BCUT2D eigenvalue weighted by Crippen LogP contribution is 2.39. The van der Waals surface area contributed by atoms with Gasteiger partial charge in [0.25, 0.3) is 0 Å². The SMILES string of the molecule is O=C(O)C1CN(C(=O)C2Cc3ccccc3S2)Cc2ccccc21. The highest BCUT2D eigenvalue weighted by molar-refractivity contribution is 8.01. The molecule has 2 aromatic rings. The lowest BCUT2D eigenvalue weighted by Gasteiger charge is -2.34. The fourth-order valence-corrected chi connectivity index (χ4v) is 4.79. The van der Waals surface area contributed by atoms with Crippen LogP contribution >= 0.6 is 11.8 Å². The normalized spacial score (nSPS) is 21.9. The Kier molecular flexibility index (Phi) is 3.81. The van der Waals surface area contributed by atoms with Crippen molar-refractivity contribution in [1.82, 2.24) is 4.90 Å². The number of nitrogens with zero attached hydrogens (tertiary/aromatic N) is 1. The van der Waals surface area contributed by atoms with Crippen LogP contribution in [0.15, 0.2) is 53.4 Å². The van der Waals surface area contributed by atoms with E-state index in [2.05, 4.69) is 6.07 Å². The van der Waals surface area contributed by atoms with Gasteiger partial charge in [-0.25, -0.2) is 0 Å². The molecule has 0 aliphatic carbocycles. The summed E-state index contributed by atoms with van der Waals surface area (Å²) in [6.45, 7) is 0.741. The molecular formula is C19H17NO3S. The second-order valence-electron chi connectivity index (χ2n) is 6.23. The van der Waals surface area contributed by atoms with Crippen LogP contribution in [-0.4, -0.2) is 33.7 Å². The van der Waals surface area contributed by atoms with Crippen molar-refractivity contribution in [3.63, 3.8) is 0 Å². The minimum atomic E-state index is -0.873. The van der Waals surface area contributed by atoms with Crippen LogP contribution in [-0.2, 0) is 22.6 Å². The first-order chi connectivity index (χ1) is 11.6. The van der Waals surface area contributed by atoms with Crippen LogP contribution in [0, 0.1) is 0 Å². The second kappa shape index (κ2) is 5.98. The minimum Gasteiger partial charge on any atom is -0.481 e. The zero-order chi connectivity index (χ0) is 16.7. The van der Waals surface area contributed by atoms with Gasteiger partial charge in [-0.1, -0.05) is 42.5 Å². The van der Waals surface area contributed by atoms with Crippen LogP contribution in [0.3, 0.4) is 0 Å². The van der Waals surface area contributed by atoms with Crippen molar-refractivity contribution in [2.75, 3.05) is 6.54 Å². The first-order valence-electron chi connectivity index (χ1n) is 7.97. The molecule has 0 spiro atoms. The average molecular weight is 339 g/mol. The molecule has 0 radical (unpaired) electrons. The highest BCUT2D eigenvalue weighted by Gasteiger charge is 2.37. The van der Waals surface area contributed by atoms with Crippen molar-refractivity contribution >= 4 is 23.6 Å². The molecule has 2 heterocycles. The summed E-state index contributed by atoms with van der Waals surface area (Å²) >= 11 is 1.59. The van der Waals surface area contributed by atoms with Crippen LogP contribution in [0.5, 0.6) is 0 Å². The Labute approximate surface area is 144 Å². The third kappa shape index (κ3) is 2.59. The molecule has 0 fully saturated rings. The molecule has 5 heteroatoms. The number of amides is 1. The lowest BCUT2D eigenvalue weighted by atomic mass is 9.89. The Morgan fingerprint density at radius 3 is 2.50 bits per heavy atom. The van der Waals surface area contributed by atoms with Crippen molar-refractivity contribution in [2.45, 2.75) is 29.0 Å². The van der Waals surface area contributed by atoms with E-state index in [1.54, 1.807) is 16.7 Å². The molecule has 2 atom stereocenters. The maximum Gasteiger partial charge on any atom is 0.312 e. The molecule has 2 aromatic carbocycles. The lowest BCUT2D eigenvalue weighted by molar-refractivity contribution is -0.141. The van der Waals surface area contributed by atoms with Gasteiger partial charge < -0.3 is 10.0 Å². The molecule has 0 bridgehead atoms. The number of hydrogen-bond acceptors (Lipinski definition) is 3. The van der Waals surface area contributed by atoms with Crippen molar-refractivity contribution in [2.24, 2.45) is 0 Å². The van der Waals surface area contributed by atoms with Gasteiger partial charge in [-0.15, -0.1) is 11.8 Å². The van der Waals surface area contributed by atoms with Crippen molar-refractivity contribution < 1.29 is 14.7 Å². The third-order valence-electron chi connectivity index (χ3n) is 4.73. The van der Waals surface area contributed by atoms with Gasteiger partial charge >= 0.3 is 5.97 Å². The number of carboxylic acid groups (broad SMARTS) is 1. The first-order valence-corrected chi connectivity index (χ1v) is 8.85. The largest absolute Gasteiger partial charge is 0.481 e. The lowest BCUT2D eigenvalue weighted by Crippen LogP contribution is -2.44. The number of aliphatic carboxylic acids is 1. The second-order valence-corrected chi connectivity index (χ2v) is 7.47. The summed E-state index contributed by atoms with van der Waals surface area (Å²) in [7, 11) is 0. The van der Waals surface area contributed by atoms with E-state index < -0.39 is 11.9 Å². The van der Waals surface area contributed by atoms with Crippen molar-refractivity contribution in [3.05, 3.63) is 65.2 Å². The van der Waals surface area contributed by atoms with Gasteiger partial charge in [0.2, 0.25) is 5.91 Å². The fourth-order valence-electron chi connectivity index (χ4n) is 3.51. The van der Waals surface area contributed by atoms with Gasteiger partial charge in [0.15, 0.2) is 0 Å². The molecule has 0 saturated carbocycles. The molecule has 1 N–H and O–H groups in total. The van der Waals surface area contributed by atoms with Crippen LogP contribution in [0.1, 0.15) is 22.6 Å². The van der Waals surface area contributed by atoms with E-state index in [1.165, 1.54) is 5.56 Å². The molecule has 2 unspecified atom stereocenters. The minimum absolute atomic E-state index is 0.0388. The fraction of sp³-hybridized carbons (Fsp3) is 0.263. The van der Waals surface area contributed by atoms with Crippen LogP contribution < -0.4 is 0 Å². The van der Waals surface area contributed by atoms with E-state index >= 15 is 0 Å².